The van der Waals surface area contributed by atoms with E-state index < -0.39 is 5.41 Å². The van der Waals surface area contributed by atoms with E-state index in [9.17, 15) is 0 Å². The second-order valence-electron chi connectivity index (χ2n) is 13.6. The summed E-state index contributed by atoms with van der Waals surface area (Å²) in [7, 11) is 0. The molecule has 12 rings (SSSR count). The average molecular weight is 622 g/mol. The molecule has 0 bridgehead atoms. The lowest BCUT2D eigenvalue weighted by atomic mass is 9.70. The summed E-state index contributed by atoms with van der Waals surface area (Å²) < 4.78 is 9.52. The van der Waals surface area contributed by atoms with Crippen LogP contribution in [0.2, 0.25) is 0 Å². The van der Waals surface area contributed by atoms with Crippen molar-refractivity contribution in [1.29, 1.82) is 0 Å². The Bertz CT molecular complexity index is 3020. The Hall–Kier alpha value is -6.38. The van der Waals surface area contributed by atoms with Gasteiger partial charge in [-0.2, -0.15) is 0 Å². The number of rotatable bonds is 1. The second-order valence-corrected chi connectivity index (χ2v) is 13.6. The minimum Gasteiger partial charge on any atom is -0.454 e. The van der Waals surface area contributed by atoms with Gasteiger partial charge in [-0.1, -0.05) is 140 Å². The number of aromatic nitrogens is 1. The van der Waals surface area contributed by atoms with Crippen LogP contribution in [-0.2, 0) is 5.41 Å². The Morgan fingerprint density at radius 2 is 1.02 bits per heavy atom. The van der Waals surface area contributed by atoms with Crippen LogP contribution in [0.15, 0.2) is 168 Å². The molecule has 226 valence electrons. The molecular weight excluding hydrogens is 595 g/mol. The van der Waals surface area contributed by atoms with E-state index in [4.69, 9.17) is 4.42 Å². The summed E-state index contributed by atoms with van der Waals surface area (Å²) in [5.41, 5.74) is 15.4. The van der Waals surface area contributed by atoms with Crippen LogP contribution in [0, 0.1) is 0 Å². The first-order chi connectivity index (χ1) is 24.3. The smallest absolute Gasteiger partial charge is 0.159 e. The van der Waals surface area contributed by atoms with Gasteiger partial charge in [0.25, 0.3) is 0 Å². The molecule has 2 aliphatic rings. The fourth-order valence-corrected chi connectivity index (χ4v) is 9.52. The number of hydrogen-bond acceptors (Lipinski definition) is 1. The van der Waals surface area contributed by atoms with Gasteiger partial charge in [-0.15, -0.1) is 0 Å². The van der Waals surface area contributed by atoms with Crippen LogP contribution >= 0.6 is 0 Å². The standard InChI is InChI=1S/C47H27NO/c1-2-13-29-28(12-1)24-25-34-33-17-6-10-22-42(33)48(45(29)34)43-23-11-18-35-37-26-36-32-16-5-9-21-40(32)47(41(36)27-44(37)49-46(35)43)38-19-7-3-14-30(38)31-15-4-8-20-39(31)47/h1-27H. The van der Waals surface area contributed by atoms with Crippen LogP contribution < -0.4 is 0 Å². The van der Waals surface area contributed by atoms with Gasteiger partial charge >= 0.3 is 0 Å². The van der Waals surface area contributed by atoms with Crippen LogP contribution in [0.4, 0.5) is 0 Å². The van der Waals surface area contributed by atoms with E-state index in [0.29, 0.717) is 0 Å². The summed E-state index contributed by atoms with van der Waals surface area (Å²) in [5.74, 6) is 0. The summed E-state index contributed by atoms with van der Waals surface area (Å²) >= 11 is 0. The summed E-state index contributed by atoms with van der Waals surface area (Å²) in [6, 6.07) is 60.3. The van der Waals surface area contributed by atoms with Gasteiger partial charge in [0.1, 0.15) is 5.58 Å². The molecule has 0 aliphatic heterocycles. The maximum absolute atomic E-state index is 7.10. The topological polar surface area (TPSA) is 18.1 Å². The van der Waals surface area contributed by atoms with Gasteiger partial charge in [0.2, 0.25) is 0 Å². The normalized spacial score (nSPS) is 13.9. The van der Waals surface area contributed by atoms with E-state index in [1.165, 1.54) is 77.1 Å². The fourth-order valence-electron chi connectivity index (χ4n) is 9.52. The third-order valence-electron chi connectivity index (χ3n) is 11.4. The highest BCUT2D eigenvalue weighted by molar-refractivity contribution is 6.20. The van der Waals surface area contributed by atoms with Crippen molar-refractivity contribution in [2.24, 2.45) is 0 Å². The zero-order valence-corrected chi connectivity index (χ0v) is 26.4. The molecule has 0 unspecified atom stereocenters. The predicted molar refractivity (Wildman–Crippen MR) is 202 cm³/mol. The van der Waals surface area contributed by atoms with Crippen LogP contribution in [0.3, 0.4) is 0 Å². The Labute approximate surface area is 282 Å². The van der Waals surface area contributed by atoms with E-state index in [0.717, 1.165) is 27.6 Å². The molecule has 0 radical (unpaired) electrons. The Morgan fingerprint density at radius 1 is 0.408 bits per heavy atom. The van der Waals surface area contributed by atoms with Crippen molar-refractivity contribution in [3.8, 4) is 27.9 Å². The monoisotopic (exact) mass is 621 g/mol. The lowest BCUT2D eigenvalue weighted by molar-refractivity contribution is 0.664. The molecule has 10 aromatic rings. The van der Waals surface area contributed by atoms with Crippen LogP contribution in [-0.4, -0.2) is 4.57 Å². The highest BCUT2D eigenvalue weighted by atomic mass is 16.3. The van der Waals surface area contributed by atoms with Crippen molar-refractivity contribution >= 4 is 54.5 Å². The Balaban J connectivity index is 1.21. The minimum atomic E-state index is -0.402. The van der Waals surface area contributed by atoms with Gasteiger partial charge in [0, 0.05) is 26.9 Å². The van der Waals surface area contributed by atoms with E-state index in [2.05, 4.69) is 168 Å². The number of furan rings is 1. The number of hydrogen-bond donors (Lipinski definition) is 0. The van der Waals surface area contributed by atoms with E-state index in [1.54, 1.807) is 0 Å². The van der Waals surface area contributed by atoms with Crippen LogP contribution in [0.1, 0.15) is 22.3 Å². The third kappa shape index (κ3) is 3.00. The van der Waals surface area contributed by atoms with Crippen molar-refractivity contribution in [3.05, 3.63) is 186 Å². The van der Waals surface area contributed by atoms with Gasteiger partial charge in [0.05, 0.1) is 22.1 Å². The molecule has 0 atom stereocenters. The number of fused-ring (bicyclic) bond motifs is 18. The maximum Gasteiger partial charge on any atom is 0.159 e. The zero-order valence-electron chi connectivity index (χ0n) is 26.4. The minimum absolute atomic E-state index is 0.402. The van der Waals surface area contributed by atoms with Crippen molar-refractivity contribution in [2.75, 3.05) is 0 Å². The van der Waals surface area contributed by atoms with E-state index >= 15 is 0 Å². The molecule has 1 spiro atoms. The molecular formula is C47H27NO. The Morgan fingerprint density at radius 3 is 1.78 bits per heavy atom. The largest absolute Gasteiger partial charge is 0.454 e. The first kappa shape index (κ1) is 25.7. The van der Waals surface area contributed by atoms with Crippen molar-refractivity contribution in [1.82, 2.24) is 4.57 Å². The molecule has 8 aromatic carbocycles. The third-order valence-corrected chi connectivity index (χ3v) is 11.4. The molecule has 0 saturated carbocycles. The van der Waals surface area contributed by atoms with Gasteiger partial charge in [-0.05, 0) is 74.2 Å². The molecule has 0 N–H and O–H groups in total. The van der Waals surface area contributed by atoms with E-state index in [-0.39, 0.29) is 0 Å². The summed E-state index contributed by atoms with van der Waals surface area (Å²) in [6.45, 7) is 0. The highest BCUT2D eigenvalue weighted by Crippen LogP contribution is 2.63. The van der Waals surface area contributed by atoms with E-state index in [1.807, 2.05) is 0 Å². The summed E-state index contributed by atoms with van der Waals surface area (Å²) in [5, 5.41) is 7.24. The first-order valence-electron chi connectivity index (χ1n) is 17.0. The van der Waals surface area contributed by atoms with Crippen molar-refractivity contribution in [2.45, 2.75) is 5.41 Å². The van der Waals surface area contributed by atoms with Crippen LogP contribution in [0.25, 0.3) is 82.5 Å². The van der Waals surface area contributed by atoms with Crippen LogP contribution in [0.5, 0.6) is 0 Å². The van der Waals surface area contributed by atoms with Gasteiger partial charge in [-0.25, -0.2) is 0 Å². The van der Waals surface area contributed by atoms with Gasteiger partial charge in [0.15, 0.2) is 5.58 Å². The van der Waals surface area contributed by atoms with Crippen molar-refractivity contribution < 1.29 is 4.42 Å². The maximum atomic E-state index is 7.10. The highest BCUT2D eigenvalue weighted by Gasteiger charge is 2.51. The number of nitrogens with zero attached hydrogens (tertiary/aromatic N) is 1. The lowest BCUT2D eigenvalue weighted by Gasteiger charge is -2.30. The summed E-state index contributed by atoms with van der Waals surface area (Å²) in [6.07, 6.45) is 0. The first-order valence-corrected chi connectivity index (χ1v) is 17.0. The predicted octanol–water partition coefficient (Wildman–Crippen LogP) is 12.2. The molecule has 0 fully saturated rings. The molecule has 0 saturated heterocycles. The molecule has 2 aromatic heterocycles. The van der Waals surface area contributed by atoms with Gasteiger partial charge in [-0.3, -0.25) is 0 Å². The molecule has 2 nitrogen and oxygen atoms in total. The zero-order chi connectivity index (χ0) is 31.8. The molecule has 2 heterocycles. The number of para-hydroxylation sites is 2. The Kier molecular flexibility index (Phi) is 4.69. The average Bonchev–Trinajstić information content (AvgIpc) is 3.88. The SMILES string of the molecule is c1ccc2c(c1)-c1ccccc1C21c2ccccc2-c2cc3c(cc21)oc1c(-n2c4ccccc4c4ccc5ccccc5c42)cccc13. The molecule has 2 aliphatic carbocycles. The number of benzene rings is 8. The quantitative estimate of drug-likeness (QED) is 0.178. The molecule has 2 heteroatoms. The van der Waals surface area contributed by atoms with Crippen molar-refractivity contribution in [3.63, 3.8) is 0 Å². The fraction of sp³-hybridized carbons (Fsp3) is 0.0213. The molecule has 0 amide bonds. The van der Waals surface area contributed by atoms with Gasteiger partial charge < -0.3 is 8.98 Å². The lowest BCUT2D eigenvalue weighted by Crippen LogP contribution is -2.25. The summed E-state index contributed by atoms with van der Waals surface area (Å²) in [4.78, 5) is 0. The molecule has 49 heavy (non-hydrogen) atoms. The second kappa shape index (κ2) is 8.94.